The summed E-state index contributed by atoms with van der Waals surface area (Å²) in [6.07, 6.45) is 7.59. The van der Waals surface area contributed by atoms with Crippen LogP contribution in [0.5, 0.6) is 0 Å². The molecule has 2 aromatic carbocycles. The number of carbonyl (C=O) groups excluding carboxylic acids is 2. The van der Waals surface area contributed by atoms with Crippen molar-refractivity contribution in [3.63, 3.8) is 0 Å². The molecule has 0 saturated heterocycles. The fraction of sp³-hybridized carbons (Fsp3) is 0.130. The van der Waals surface area contributed by atoms with Crippen LogP contribution in [0.1, 0.15) is 22.8 Å². The minimum Gasteiger partial charge on any atom is -0.548 e. The summed E-state index contributed by atoms with van der Waals surface area (Å²) in [4.78, 5) is 31.9. The van der Waals surface area contributed by atoms with Crippen LogP contribution in [0.4, 0.5) is 11.6 Å². The van der Waals surface area contributed by atoms with Gasteiger partial charge in [-0.1, -0.05) is 53.6 Å². The Morgan fingerprint density at radius 1 is 1.03 bits per heavy atom. The third-order valence-electron chi connectivity index (χ3n) is 4.07. The van der Waals surface area contributed by atoms with E-state index in [1.807, 2.05) is 31.0 Å². The van der Waals surface area contributed by atoms with Gasteiger partial charge in [0, 0.05) is 25.1 Å². The Hall–Kier alpha value is -2.42. The van der Waals surface area contributed by atoms with Crippen LogP contribution >= 0.6 is 23.2 Å². The number of carboxylic acid groups (broad SMARTS) is 1. The van der Waals surface area contributed by atoms with Gasteiger partial charge >= 0.3 is 29.6 Å². The van der Waals surface area contributed by atoms with Crippen LogP contribution < -0.4 is 44.9 Å². The van der Waals surface area contributed by atoms with E-state index < -0.39 is 18.4 Å². The molecule has 0 aliphatic carbocycles. The second kappa shape index (κ2) is 14.7. The topological polar surface area (TPSA) is 98.2 Å². The Labute approximate surface area is 224 Å². The zero-order valence-electron chi connectivity index (χ0n) is 18.5. The number of allylic oxidation sites excluding steroid dienone is 1. The number of amides is 1. The zero-order valence-corrected chi connectivity index (χ0v) is 22.0. The van der Waals surface area contributed by atoms with Gasteiger partial charge in [-0.25, -0.2) is 9.97 Å². The van der Waals surface area contributed by atoms with E-state index >= 15 is 0 Å². The van der Waals surface area contributed by atoms with Crippen LogP contribution in [-0.4, -0.2) is 35.4 Å². The molecule has 0 fully saturated rings. The zero-order chi connectivity index (χ0) is 23.5. The molecule has 3 aromatic rings. The summed E-state index contributed by atoms with van der Waals surface area (Å²) in [5, 5.41) is 12.6. The van der Waals surface area contributed by atoms with E-state index in [9.17, 15) is 14.7 Å². The number of nitrogens with one attached hydrogen (secondary N) is 1. The van der Waals surface area contributed by atoms with Crippen molar-refractivity contribution < 1.29 is 44.3 Å². The number of carbonyl (C=O) groups is 2. The molecule has 0 saturated carbocycles. The number of anilines is 2. The summed E-state index contributed by atoms with van der Waals surface area (Å²) in [5.41, 5.74) is 2.32. The van der Waals surface area contributed by atoms with Crippen molar-refractivity contribution in [1.29, 1.82) is 0 Å². The van der Waals surface area contributed by atoms with Crippen molar-refractivity contribution in [3.05, 3.63) is 88.2 Å². The normalized spacial score (nSPS) is 9.94. The number of benzene rings is 2. The van der Waals surface area contributed by atoms with E-state index in [0.29, 0.717) is 5.95 Å². The van der Waals surface area contributed by atoms with E-state index in [-0.39, 0.29) is 45.2 Å². The summed E-state index contributed by atoms with van der Waals surface area (Å²) < 4.78 is 0. The predicted molar refractivity (Wildman–Crippen MR) is 125 cm³/mol. The first-order valence-electron chi connectivity index (χ1n) is 9.49. The van der Waals surface area contributed by atoms with Crippen molar-refractivity contribution in [3.8, 4) is 0 Å². The van der Waals surface area contributed by atoms with Gasteiger partial charge in [-0.05, 0) is 42.8 Å². The predicted octanol–water partition coefficient (Wildman–Crippen LogP) is 0.755. The SMILES string of the molecule is C/C=C/c1ccc(N(C)c2ncccn2)cc1.O=C([O-])CNC(=O)c1c(Cl)cccc1Cl.[Na+]. The smallest absolute Gasteiger partial charge is 0.548 e. The van der Waals surface area contributed by atoms with Crippen LogP contribution in [0.25, 0.3) is 6.08 Å². The molecular formula is C23H21Cl2N4NaO3. The minimum atomic E-state index is -1.38. The molecule has 33 heavy (non-hydrogen) atoms. The first-order chi connectivity index (χ1) is 15.3. The third kappa shape index (κ3) is 9.15. The number of aliphatic carboxylic acids is 1. The molecule has 1 heterocycles. The average Bonchev–Trinajstić information content (AvgIpc) is 2.79. The summed E-state index contributed by atoms with van der Waals surface area (Å²) >= 11 is 11.5. The number of nitrogens with zero attached hydrogens (tertiary/aromatic N) is 3. The summed E-state index contributed by atoms with van der Waals surface area (Å²) in [6.45, 7) is 1.43. The number of halogens is 2. The van der Waals surface area contributed by atoms with Gasteiger partial charge in [0.05, 0.1) is 28.1 Å². The molecule has 0 aliphatic rings. The van der Waals surface area contributed by atoms with E-state index in [2.05, 4.69) is 45.6 Å². The Bertz CT molecular complexity index is 1060. The van der Waals surface area contributed by atoms with Gasteiger partial charge < -0.3 is 20.1 Å². The van der Waals surface area contributed by atoms with Crippen molar-refractivity contribution in [2.75, 3.05) is 18.5 Å². The fourth-order valence-corrected chi connectivity index (χ4v) is 3.11. The quantitative estimate of drug-likeness (QED) is 0.508. The molecule has 0 spiro atoms. The standard InChI is InChI=1S/C14H15N3.C9H7Cl2NO3.Na/c1-3-5-12-6-8-13(9-7-12)17(2)14-15-10-4-11-16-14;10-5-2-1-3-6(11)8(5)9(15)12-4-7(13)14;/h3-11H,1-2H3;1-3H,4H2,(H,12,15)(H,13,14);/q;;+1/p-1/b5-3+;;. The maximum absolute atomic E-state index is 11.4. The molecule has 166 valence electrons. The van der Waals surface area contributed by atoms with Crippen molar-refractivity contribution in [2.24, 2.45) is 0 Å². The van der Waals surface area contributed by atoms with Gasteiger partial charge in [0.2, 0.25) is 5.95 Å². The van der Waals surface area contributed by atoms with E-state index in [0.717, 1.165) is 5.69 Å². The molecular weight excluding hydrogens is 474 g/mol. The van der Waals surface area contributed by atoms with E-state index in [4.69, 9.17) is 23.2 Å². The molecule has 0 unspecified atom stereocenters. The van der Waals surface area contributed by atoms with Crippen LogP contribution in [0.15, 0.2) is 67.0 Å². The molecule has 10 heteroatoms. The van der Waals surface area contributed by atoms with Gasteiger partial charge in [0.25, 0.3) is 5.91 Å². The second-order valence-electron chi connectivity index (χ2n) is 6.35. The third-order valence-corrected chi connectivity index (χ3v) is 4.70. The van der Waals surface area contributed by atoms with Gasteiger partial charge in [-0.2, -0.15) is 0 Å². The molecule has 1 amide bonds. The molecule has 1 aromatic heterocycles. The Kier molecular flexibility index (Phi) is 12.7. The Morgan fingerprint density at radius 3 is 2.12 bits per heavy atom. The molecule has 0 bridgehead atoms. The summed E-state index contributed by atoms with van der Waals surface area (Å²) in [5.74, 6) is -1.33. The maximum Gasteiger partial charge on any atom is 1.00 e. The van der Waals surface area contributed by atoms with Crippen LogP contribution in [0, 0.1) is 0 Å². The van der Waals surface area contributed by atoms with Crippen LogP contribution in [-0.2, 0) is 4.79 Å². The number of hydrogen-bond donors (Lipinski definition) is 1. The molecule has 0 aliphatic heterocycles. The van der Waals surface area contributed by atoms with E-state index in [1.165, 1.54) is 17.7 Å². The summed E-state index contributed by atoms with van der Waals surface area (Å²) in [7, 11) is 1.96. The Morgan fingerprint density at radius 2 is 1.61 bits per heavy atom. The number of hydrogen-bond acceptors (Lipinski definition) is 6. The average molecular weight is 495 g/mol. The van der Waals surface area contributed by atoms with E-state index in [1.54, 1.807) is 18.5 Å². The van der Waals surface area contributed by atoms with Gasteiger partial charge in [0.15, 0.2) is 0 Å². The monoisotopic (exact) mass is 494 g/mol. The minimum absolute atomic E-state index is 0. The van der Waals surface area contributed by atoms with Crippen LogP contribution in [0.2, 0.25) is 10.0 Å². The molecule has 0 atom stereocenters. The fourth-order valence-electron chi connectivity index (χ4n) is 2.54. The maximum atomic E-state index is 11.4. The number of carboxylic acids is 1. The molecule has 0 radical (unpaired) electrons. The largest absolute Gasteiger partial charge is 1.00 e. The summed E-state index contributed by atoms with van der Waals surface area (Å²) in [6, 6.07) is 14.6. The first-order valence-corrected chi connectivity index (χ1v) is 10.2. The van der Waals surface area contributed by atoms with Crippen molar-refractivity contribution >= 4 is 52.8 Å². The second-order valence-corrected chi connectivity index (χ2v) is 7.17. The number of aromatic nitrogens is 2. The van der Waals surface area contributed by atoms with Gasteiger partial charge in [-0.3, -0.25) is 4.79 Å². The first kappa shape index (κ1) is 28.6. The van der Waals surface area contributed by atoms with Crippen molar-refractivity contribution in [1.82, 2.24) is 15.3 Å². The van der Waals surface area contributed by atoms with Crippen molar-refractivity contribution in [2.45, 2.75) is 6.92 Å². The number of rotatable bonds is 6. The molecule has 7 nitrogen and oxygen atoms in total. The van der Waals surface area contributed by atoms with Gasteiger partial charge in [0.1, 0.15) is 0 Å². The Balaban J connectivity index is 0.000000323. The molecule has 3 rings (SSSR count). The molecule has 1 N–H and O–H groups in total. The van der Waals surface area contributed by atoms with Gasteiger partial charge in [-0.15, -0.1) is 0 Å². The van der Waals surface area contributed by atoms with Crippen LogP contribution in [0.3, 0.4) is 0 Å².